The fraction of sp³-hybridized carbons (Fsp3) is 0.647. The summed E-state index contributed by atoms with van der Waals surface area (Å²) in [5.41, 5.74) is 1.55. The zero-order chi connectivity index (χ0) is 14.5. The molecule has 0 N–H and O–H groups in total. The number of halogens is 2. The Morgan fingerprint density at radius 1 is 1.10 bits per heavy atom. The zero-order valence-corrected chi connectivity index (χ0v) is 12.5. The number of ether oxygens (including phenoxy) is 1. The van der Waals surface area contributed by atoms with Gasteiger partial charge in [-0.15, -0.1) is 0 Å². The Bertz CT molecular complexity index is 451. The molecule has 2 rings (SSSR count). The maximum atomic E-state index is 14.5. The fourth-order valence-corrected chi connectivity index (χ4v) is 3.24. The summed E-state index contributed by atoms with van der Waals surface area (Å²) in [5, 5.41) is 0. The summed E-state index contributed by atoms with van der Waals surface area (Å²) in [5.74, 6) is -1.25. The van der Waals surface area contributed by atoms with E-state index in [1.165, 1.54) is 6.42 Å². The fourth-order valence-electron chi connectivity index (χ4n) is 3.24. The first-order valence-corrected chi connectivity index (χ1v) is 7.82. The first-order valence-electron chi connectivity index (χ1n) is 7.82. The van der Waals surface area contributed by atoms with Gasteiger partial charge in [0.2, 0.25) is 5.82 Å². The quantitative estimate of drug-likeness (QED) is 0.706. The number of rotatable bonds is 5. The first-order chi connectivity index (χ1) is 9.69. The minimum absolute atomic E-state index is 0.0630. The van der Waals surface area contributed by atoms with Crippen molar-refractivity contribution < 1.29 is 13.5 Å². The van der Waals surface area contributed by atoms with Gasteiger partial charge in [0.05, 0.1) is 6.61 Å². The average molecular weight is 282 g/mol. The highest BCUT2D eigenvalue weighted by molar-refractivity contribution is 5.41. The van der Waals surface area contributed by atoms with Crippen LogP contribution >= 0.6 is 0 Å². The van der Waals surface area contributed by atoms with Gasteiger partial charge in [-0.3, -0.25) is 0 Å². The molecule has 1 aliphatic carbocycles. The lowest BCUT2D eigenvalue weighted by Crippen LogP contribution is -2.12. The maximum absolute atomic E-state index is 14.5. The summed E-state index contributed by atoms with van der Waals surface area (Å²) >= 11 is 0. The van der Waals surface area contributed by atoms with E-state index in [0.717, 1.165) is 44.1 Å². The van der Waals surface area contributed by atoms with Crippen LogP contribution in [0.15, 0.2) is 6.07 Å². The predicted molar refractivity (Wildman–Crippen MR) is 77.3 cm³/mol. The van der Waals surface area contributed by atoms with Gasteiger partial charge in [0.25, 0.3) is 0 Å². The highest BCUT2D eigenvalue weighted by Crippen LogP contribution is 2.39. The number of hydrogen-bond acceptors (Lipinski definition) is 1. The Balaban J connectivity index is 2.44. The third kappa shape index (κ3) is 3.13. The van der Waals surface area contributed by atoms with Crippen molar-refractivity contribution in [2.24, 2.45) is 0 Å². The van der Waals surface area contributed by atoms with E-state index >= 15 is 0 Å². The molecule has 1 aromatic carbocycles. The van der Waals surface area contributed by atoms with Gasteiger partial charge in [0, 0.05) is 0 Å². The van der Waals surface area contributed by atoms with E-state index in [0.29, 0.717) is 12.2 Å². The second-order valence-corrected chi connectivity index (χ2v) is 5.59. The van der Waals surface area contributed by atoms with Crippen LogP contribution in [0.3, 0.4) is 0 Å². The third-order valence-electron chi connectivity index (χ3n) is 4.13. The van der Waals surface area contributed by atoms with Crippen molar-refractivity contribution in [3.63, 3.8) is 0 Å². The summed E-state index contributed by atoms with van der Waals surface area (Å²) in [6.45, 7) is 4.20. The van der Waals surface area contributed by atoms with Gasteiger partial charge in [-0.1, -0.05) is 32.6 Å². The van der Waals surface area contributed by atoms with E-state index < -0.39 is 11.6 Å². The van der Waals surface area contributed by atoms with Gasteiger partial charge in [-0.05, 0) is 49.3 Å². The molecule has 112 valence electrons. The normalized spacial score (nSPS) is 16.4. The average Bonchev–Trinajstić information content (AvgIpc) is 2.46. The highest BCUT2D eigenvalue weighted by atomic mass is 19.2. The number of aryl methyl sites for hydroxylation is 1. The van der Waals surface area contributed by atoms with Crippen molar-refractivity contribution in [1.82, 2.24) is 0 Å². The lowest BCUT2D eigenvalue weighted by atomic mass is 9.81. The lowest BCUT2D eigenvalue weighted by Gasteiger charge is -2.25. The van der Waals surface area contributed by atoms with Gasteiger partial charge in [-0.25, -0.2) is 4.39 Å². The standard InChI is InChI=1S/C17H24F2O/c1-3-8-13-11-14(20-4-2)16(18)17(19)15(13)12-9-6-5-7-10-12/h11-12H,3-10H2,1-2H3. The monoisotopic (exact) mass is 282 g/mol. The summed E-state index contributed by atoms with van der Waals surface area (Å²) in [6.07, 6.45) is 7.09. The molecule has 0 aromatic heterocycles. The molecule has 0 spiro atoms. The van der Waals surface area contributed by atoms with Gasteiger partial charge in [0.15, 0.2) is 11.6 Å². The third-order valence-corrected chi connectivity index (χ3v) is 4.13. The van der Waals surface area contributed by atoms with Crippen molar-refractivity contribution in [2.45, 2.75) is 64.7 Å². The molecule has 0 saturated heterocycles. The van der Waals surface area contributed by atoms with Gasteiger partial charge in [0.1, 0.15) is 0 Å². The molecule has 1 aliphatic rings. The Hall–Kier alpha value is -1.12. The summed E-state index contributed by atoms with van der Waals surface area (Å²) in [7, 11) is 0. The summed E-state index contributed by atoms with van der Waals surface area (Å²) < 4.78 is 33.9. The van der Waals surface area contributed by atoms with Gasteiger partial charge < -0.3 is 4.74 Å². The lowest BCUT2D eigenvalue weighted by molar-refractivity contribution is 0.310. The van der Waals surface area contributed by atoms with Crippen molar-refractivity contribution in [3.05, 3.63) is 28.8 Å². The van der Waals surface area contributed by atoms with Crippen molar-refractivity contribution in [3.8, 4) is 5.75 Å². The van der Waals surface area contributed by atoms with E-state index in [2.05, 4.69) is 6.92 Å². The topological polar surface area (TPSA) is 9.23 Å². The number of benzene rings is 1. The van der Waals surface area contributed by atoms with Crippen LogP contribution < -0.4 is 4.74 Å². The van der Waals surface area contributed by atoms with Crippen LogP contribution in [0.1, 0.15) is 69.4 Å². The van der Waals surface area contributed by atoms with Crippen LogP contribution in [0.2, 0.25) is 0 Å². The molecule has 0 atom stereocenters. The molecule has 0 heterocycles. The summed E-state index contributed by atoms with van der Waals surface area (Å²) in [6, 6.07) is 1.72. The largest absolute Gasteiger partial charge is 0.491 e. The van der Waals surface area contributed by atoms with E-state index in [9.17, 15) is 8.78 Å². The molecule has 20 heavy (non-hydrogen) atoms. The Morgan fingerprint density at radius 3 is 2.40 bits per heavy atom. The molecule has 1 aromatic rings. The SMILES string of the molecule is CCCc1cc(OCC)c(F)c(F)c1C1CCCCC1. The van der Waals surface area contributed by atoms with Gasteiger partial charge in [-0.2, -0.15) is 4.39 Å². The minimum Gasteiger partial charge on any atom is -0.491 e. The molecule has 1 saturated carbocycles. The molecule has 0 radical (unpaired) electrons. The van der Waals surface area contributed by atoms with E-state index in [-0.39, 0.29) is 11.7 Å². The zero-order valence-electron chi connectivity index (χ0n) is 12.5. The van der Waals surface area contributed by atoms with Crippen LogP contribution in [0.25, 0.3) is 0 Å². The molecule has 0 bridgehead atoms. The minimum atomic E-state index is -0.813. The first kappa shape index (κ1) is 15.3. The van der Waals surface area contributed by atoms with Gasteiger partial charge >= 0.3 is 0 Å². The van der Waals surface area contributed by atoms with E-state index in [1.807, 2.05) is 0 Å². The molecule has 0 unspecified atom stereocenters. The molecule has 1 fully saturated rings. The Morgan fingerprint density at radius 2 is 1.80 bits per heavy atom. The second-order valence-electron chi connectivity index (χ2n) is 5.59. The summed E-state index contributed by atoms with van der Waals surface area (Å²) in [4.78, 5) is 0. The maximum Gasteiger partial charge on any atom is 0.200 e. The molecule has 0 aliphatic heterocycles. The smallest absolute Gasteiger partial charge is 0.200 e. The van der Waals surface area contributed by atoms with Crippen LogP contribution in [0, 0.1) is 11.6 Å². The van der Waals surface area contributed by atoms with Crippen molar-refractivity contribution in [2.75, 3.05) is 6.61 Å². The van der Waals surface area contributed by atoms with E-state index in [1.54, 1.807) is 13.0 Å². The molecule has 0 amide bonds. The number of hydrogen-bond donors (Lipinski definition) is 0. The van der Waals surface area contributed by atoms with Crippen LogP contribution in [0.5, 0.6) is 5.75 Å². The van der Waals surface area contributed by atoms with Crippen LogP contribution in [-0.2, 0) is 6.42 Å². The Kier molecular flexibility index (Phi) is 5.38. The Labute approximate surface area is 120 Å². The van der Waals surface area contributed by atoms with E-state index in [4.69, 9.17) is 4.74 Å². The molecule has 3 heteroatoms. The molecular formula is C17H24F2O. The van der Waals surface area contributed by atoms with Crippen molar-refractivity contribution in [1.29, 1.82) is 0 Å². The second kappa shape index (κ2) is 7.05. The molecule has 1 nitrogen and oxygen atoms in total. The van der Waals surface area contributed by atoms with Crippen LogP contribution in [0.4, 0.5) is 8.78 Å². The van der Waals surface area contributed by atoms with Crippen molar-refractivity contribution >= 4 is 0 Å². The predicted octanol–water partition coefficient (Wildman–Crippen LogP) is 5.36. The highest BCUT2D eigenvalue weighted by Gasteiger charge is 2.26. The molecular weight excluding hydrogens is 258 g/mol. The van der Waals surface area contributed by atoms with Crippen LogP contribution in [-0.4, -0.2) is 6.61 Å².